The van der Waals surface area contributed by atoms with Crippen molar-refractivity contribution in [2.24, 2.45) is 5.73 Å². The summed E-state index contributed by atoms with van der Waals surface area (Å²) >= 11 is 0. The molecule has 0 spiro atoms. The molecule has 0 saturated carbocycles. The van der Waals surface area contributed by atoms with E-state index in [9.17, 15) is 4.79 Å². The molecular weight excluding hydrogens is 192 g/mol. The fourth-order valence-corrected chi connectivity index (χ4v) is 1.84. The number of amides is 1. The SMILES string of the molecule is NC1CCN(CCCn2cccn2)C1=O. The Morgan fingerprint density at radius 3 is 3.00 bits per heavy atom. The molecule has 15 heavy (non-hydrogen) atoms. The van der Waals surface area contributed by atoms with E-state index in [0.717, 1.165) is 32.5 Å². The lowest BCUT2D eigenvalue weighted by atomic mass is 10.3. The zero-order valence-electron chi connectivity index (χ0n) is 8.67. The minimum atomic E-state index is -0.269. The largest absolute Gasteiger partial charge is 0.341 e. The first kappa shape index (κ1) is 10.2. The summed E-state index contributed by atoms with van der Waals surface area (Å²) in [6.45, 7) is 2.44. The summed E-state index contributed by atoms with van der Waals surface area (Å²) in [7, 11) is 0. The highest BCUT2D eigenvalue weighted by Gasteiger charge is 2.27. The lowest BCUT2D eigenvalue weighted by Crippen LogP contribution is -2.34. The van der Waals surface area contributed by atoms with E-state index in [1.807, 2.05) is 21.8 Å². The zero-order chi connectivity index (χ0) is 10.7. The maximum atomic E-state index is 11.5. The van der Waals surface area contributed by atoms with Crippen molar-refractivity contribution in [3.8, 4) is 0 Å². The molecule has 0 aromatic carbocycles. The maximum Gasteiger partial charge on any atom is 0.239 e. The zero-order valence-corrected chi connectivity index (χ0v) is 8.67. The van der Waals surface area contributed by atoms with Crippen molar-refractivity contribution in [3.63, 3.8) is 0 Å². The monoisotopic (exact) mass is 208 g/mol. The molecule has 2 heterocycles. The number of nitrogens with two attached hydrogens (primary N) is 1. The number of nitrogens with zero attached hydrogens (tertiary/aromatic N) is 3. The Hall–Kier alpha value is -1.36. The lowest BCUT2D eigenvalue weighted by molar-refractivity contribution is -0.128. The Morgan fingerprint density at radius 2 is 2.40 bits per heavy atom. The van der Waals surface area contributed by atoms with Gasteiger partial charge in [-0.05, 0) is 18.9 Å². The number of carbonyl (C=O) groups excluding carboxylic acids is 1. The highest BCUT2D eigenvalue weighted by molar-refractivity contribution is 5.83. The van der Waals surface area contributed by atoms with Crippen LogP contribution in [0.1, 0.15) is 12.8 Å². The number of hydrogen-bond donors (Lipinski definition) is 1. The Kier molecular flexibility index (Phi) is 3.01. The van der Waals surface area contributed by atoms with Crippen LogP contribution in [0.2, 0.25) is 0 Å². The number of aryl methyl sites for hydroxylation is 1. The van der Waals surface area contributed by atoms with Crippen LogP contribution in [0.25, 0.3) is 0 Å². The van der Waals surface area contributed by atoms with Gasteiger partial charge in [-0.3, -0.25) is 9.48 Å². The van der Waals surface area contributed by atoms with Crippen molar-refractivity contribution in [1.82, 2.24) is 14.7 Å². The standard InChI is InChI=1S/C10H16N4O/c11-9-3-8-13(10(9)15)5-2-7-14-6-1-4-12-14/h1,4,6,9H,2-3,5,7-8,11H2. The average Bonchev–Trinajstić information content (AvgIpc) is 2.83. The summed E-state index contributed by atoms with van der Waals surface area (Å²) in [6, 6.07) is 1.63. The smallest absolute Gasteiger partial charge is 0.239 e. The lowest BCUT2D eigenvalue weighted by Gasteiger charge is -2.15. The van der Waals surface area contributed by atoms with Gasteiger partial charge in [-0.25, -0.2) is 0 Å². The topological polar surface area (TPSA) is 64.2 Å². The van der Waals surface area contributed by atoms with Crippen LogP contribution >= 0.6 is 0 Å². The van der Waals surface area contributed by atoms with Gasteiger partial charge < -0.3 is 10.6 Å². The van der Waals surface area contributed by atoms with Crippen molar-refractivity contribution >= 4 is 5.91 Å². The van der Waals surface area contributed by atoms with Crippen LogP contribution < -0.4 is 5.73 Å². The van der Waals surface area contributed by atoms with Gasteiger partial charge in [0.05, 0.1) is 6.04 Å². The normalized spacial score (nSPS) is 21.3. The third-order valence-corrected chi connectivity index (χ3v) is 2.71. The fourth-order valence-electron chi connectivity index (χ4n) is 1.84. The molecule has 0 aliphatic carbocycles. The van der Waals surface area contributed by atoms with Crippen LogP contribution in [-0.2, 0) is 11.3 Å². The number of likely N-dealkylation sites (tertiary alicyclic amines) is 1. The van der Waals surface area contributed by atoms with Crippen molar-refractivity contribution in [3.05, 3.63) is 18.5 Å². The molecule has 1 saturated heterocycles. The molecule has 1 amide bonds. The van der Waals surface area contributed by atoms with Crippen LogP contribution in [0.3, 0.4) is 0 Å². The molecule has 1 aromatic rings. The molecule has 82 valence electrons. The second-order valence-electron chi connectivity index (χ2n) is 3.84. The molecule has 1 unspecified atom stereocenters. The van der Waals surface area contributed by atoms with Gasteiger partial charge in [-0.2, -0.15) is 5.10 Å². The van der Waals surface area contributed by atoms with Crippen LogP contribution in [-0.4, -0.2) is 39.7 Å². The van der Waals surface area contributed by atoms with Gasteiger partial charge in [0.15, 0.2) is 0 Å². The van der Waals surface area contributed by atoms with Gasteiger partial charge in [0, 0.05) is 32.0 Å². The van der Waals surface area contributed by atoms with E-state index in [2.05, 4.69) is 5.10 Å². The predicted octanol–water partition coefficient (Wildman–Crippen LogP) is -0.167. The maximum absolute atomic E-state index is 11.5. The molecule has 5 nitrogen and oxygen atoms in total. The van der Waals surface area contributed by atoms with Crippen LogP contribution in [0.5, 0.6) is 0 Å². The summed E-state index contributed by atoms with van der Waals surface area (Å²) in [5.41, 5.74) is 5.63. The van der Waals surface area contributed by atoms with Gasteiger partial charge in [0.25, 0.3) is 0 Å². The van der Waals surface area contributed by atoms with Crippen molar-refractivity contribution < 1.29 is 4.79 Å². The summed E-state index contributed by atoms with van der Waals surface area (Å²) in [4.78, 5) is 13.3. The second kappa shape index (κ2) is 4.44. The van der Waals surface area contributed by atoms with Gasteiger partial charge in [-0.15, -0.1) is 0 Å². The highest BCUT2D eigenvalue weighted by Crippen LogP contribution is 2.09. The summed E-state index contributed by atoms with van der Waals surface area (Å²) < 4.78 is 1.88. The molecule has 1 atom stereocenters. The molecule has 1 fully saturated rings. The van der Waals surface area contributed by atoms with E-state index >= 15 is 0 Å². The number of carbonyl (C=O) groups is 1. The molecule has 2 rings (SSSR count). The van der Waals surface area contributed by atoms with Crippen LogP contribution in [0, 0.1) is 0 Å². The fraction of sp³-hybridized carbons (Fsp3) is 0.600. The van der Waals surface area contributed by atoms with Crippen molar-refractivity contribution in [1.29, 1.82) is 0 Å². The first-order chi connectivity index (χ1) is 7.27. The Morgan fingerprint density at radius 1 is 1.53 bits per heavy atom. The molecule has 0 bridgehead atoms. The minimum Gasteiger partial charge on any atom is -0.341 e. The van der Waals surface area contributed by atoms with Gasteiger partial charge >= 0.3 is 0 Å². The third-order valence-electron chi connectivity index (χ3n) is 2.71. The summed E-state index contributed by atoms with van der Waals surface area (Å²) in [6.07, 6.45) is 5.41. The van der Waals surface area contributed by atoms with E-state index in [4.69, 9.17) is 5.73 Å². The molecule has 1 aliphatic rings. The third kappa shape index (κ3) is 2.36. The van der Waals surface area contributed by atoms with Crippen LogP contribution in [0.4, 0.5) is 0 Å². The quantitative estimate of drug-likeness (QED) is 0.747. The number of rotatable bonds is 4. The second-order valence-corrected chi connectivity index (χ2v) is 3.84. The molecule has 2 N–H and O–H groups in total. The average molecular weight is 208 g/mol. The molecule has 0 radical (unpaired) electrons. The van der Waals surface area contributed by atoms with E-state index in [-0.39, 0.29) is 11.9 Å². The van der Waals surface area contributed by atoms with Crippen molar-refractivity contribution in [2.75, 3.05) is 13.1 Å². The summed E-state index contributed by atoms with van der Waals surface area (Å²) in [5.74, 6) is 0.0930. The molecule has 1 aromatic heterocycles. The predicted molar refractivity (Wildman–Crippen MR) is 56.0 cm³/mol. The van der Waals surface area contributed by atoms with Gasteiger partial charge in [0.2, 0.25) is 5.91 Å². The highest BCUT2D eigenvalue weighted by atomic mass is 16.2. The molecular formula is C10H16N4O. The molecule has 1 aliphatic heterocycles. The van der Waals surface area contributed by atoms with E-state index in [0.29, 0.717) is 0 Å². The van der Waals surface area contributed by atoms with Gasteiger partial charge in [0.1, 0.15) is 0 Å². The molecule has 5 heteroatoms. The Bertz CT molecular complexity index is 322. The Balaban J connectivity index is 1.73. The number of hydrogen-bond acceptors (Lipinski definition) is 3. The Labute approximate surface area is 88.8 Å². The number of aromatic nitrogens is 2. The van der Waals surface area contributed by atoms with Gasteiger partial charge in [-0.1, -0.05) is 0 Å². The minimum absolute atomic E-state index is 0.0930. The van der Waals surface area contributed by atoms with Crippen molar-refractivity contribution in [2.45, 2.75) is 25.4 Å². The van der Waals surface area contributed by atoms with E-state index < -0.39 is 0 Å². The van der Waals surface area contributed by atoms with E-state index in [1.165, 1.54) is 0 Å². The first-order valence-corrected chi connectivity index (χ1v) is 5.29. The van der Waals surface area contributed by atoms with E-state index in [1.54, 1.807) is 6.20 Å². The van der Waals surface area contributed by atoms with Crippen LogP contribution in [0.15, 0.2) is 18.5 Å². The summed E-state index contributed by atoms with van der Waals surface area (Å²) in [5, 5.41) is 4.10. The first-order valence-electron chi connectivity index (χ1n) is 5.29.